The Kier molecular flexibility index (Phi) is 6.27. The van der Waals surface area contributed by atoms with Crippen LogP contribution in [0.15, 0.2) is 24.3 Å². The van der Waals surface area contributed by atoms with Gasteiger partial charge in [0.15, 0.2) is 0 Å². The number of benzene rings is 1. The highest BCUT2D eigenvalue weighted by atomic mass is 16.5. The Morgan fingerprint density at radius 2 is 1.78 bits per heavy atom. The Hall–Kier alpha value is -1.30. The number of hydrogen-bond donors (Lipinski definition) is 2. The molecule has 5 heteroatoms. The Balaban J connectivity index is 1.74. The van der Waals surface area contributed by atoms with Crippen LogP contribution in [0.4, 0.5) is 5.69 Å². The molecule has 5 nitrogen and oxygen atoms in total. The third-order valence-corrected chi connectivity index (χ3v) is 4.14. The number of aliphatic hydroxyl groups excluding tert-OH is 1. The normalized spacial score (nSPS) is 18.0. The van der Waals surface area contributed by atoms with Crippen molar-refractivity contribution in [1.82, 2.24) is 0 Å². The maximum atomic E-state index is 10.1. The highest BCUT2D eigenvalue weighted by Gasteiger charge is 2.23. The lowest BCUT2D eigenvalue weighted by Crippen LogP contribution is -3.16. The molecule has 0 spiro atoms. The van der Waals surface area contributed by atoms with E-state index in [2.05, 4.69) is 17.0 Å². The van der Waals surface area contributed by atoms with Crippen molar-refractivity contribution in [2.75, 3.05) is 51.3 Å². The molecule has 1 aromatic rings. The van der Waals surface area contributed by atoms with E-state index in [4.69, 9.17) is 9.47 Å². The zero-order chi connectivity index (χ0) is 16.9. The van der Waals surface area contributed by atoms with Crippen molar-refractivity contribution >= 4 is 5.69 Å². The molecular formula is C18H31N2O3+. The number of quaternary nitrogens is 1. The van der Waals surface area contributed by atoms with E-state index in [1.165, 1.54) is 10.6 Å². The number of ether oxygens (including phenoxy) is 2. The second kappa shape index (κ2) is 7.99. The van der Waals surface area contributed by atoms with Crippen molar-refractivity contribution in [3.05, 3.63) is 24.3 Å². The number of hydrogen-bond acceptors (Lipinski definition) is 4. The van der Waals surface area contributed by atoms with Gasteiger partial charge in [0.25, 0.3) is 0 Å². The Bertz CT molecular complexity index is 462. The van der Waals surface area contributed by atoms with Crippen LogP contribution in [0.2, 0.25) is 0 Å². The van der Waals surface area contributed by atoms with Gasteiger partial charge in [-0.3, -0.25) is 0 Å². The number of nitrogens with one attached hydrogen (secondary N) is 1. The van der Waals surface area contributed by atoms with Crippen LogP contribution in [0.3, 0.4) is 0 Å². The van der Waals surface area contributed by atoms with Crippen molar-refractivity contribution in [3.8, 4) is 5.75 Å². The Labute approximate surface area is 139 Å². The number of piperazine rings is 1. The van der Waals surface area contributed by atoms with Crippen LogP contribution in [-0.2, 0) is 4.74 Å². The van der Waals surface area contributed by atoms with E-state index in [0.29, 0.717) is 6.61 Å². The summed E-state index contributed by atoms with van der Waals surface area (Å²) in [6.07, 6.45) is -0.392. The summed E-state index contributed by atoms with van der Waals surface area (Å²) in [6.45, 7) is 11.3. The first-order chi connectivity index (χ1) is 10.9. The molecule has 0 aliphatic carbocycles. The molecule has 0 bridgehead atoms. The van der Waals surface area contributed by atoms with Gasteiger partial charge in [-0.25, -0.2) is 0 Å². The molecule has 1 heterocycles. The number of rotatable bonds is 6. The number of aliphatic hydroxyl groups is 1. The van der Waals surface area contributed by atoms with E-state index in [1.54, 1.807) is 7.11 Å². The summed E-state index contributed by atoms with van der Waals surface area (Å²) < 4.78 is 10.9. The molecule has 23 heavy (non-hydrogen) atoms. The second-order valence-electron chi connectivity index (χ2n) is 7.22. The van der Waals surface area contributed by atoms with Crippen molar-refractivity contribution in [1.29, 1.82) is 0 Å². The molecule has 130 valence electrons. The van der Waals surface area contributed by atoms with Crippen LogP contribution >= 0.6 is 0 Å². The molecule has 1 aromatic carbocycles. The zero-order valence-corrected chi connectivity index (χ0v) is 14.8. The molecule has 1 fully saturated rings. The maximum Gasteiger partial charge on any atom is 0.126 e. The fourth-order valence-corrected chi connectivity index (χ4v) is 2.82. The van der Waals surface area contributed by atoms with Gasteiger partial charge in [0.2, 0.25) is 0 Å². The number of nitrogens with zero attached hydrogens (tertiary/aromatic N) is 1. The van der Waals surface area contributed by atoms with E-state index in [9.17, 15) is 5.11 Å². The summed E-state index contributed by atoms with van der Waals surface area (Å²) >= 11 is 0. The van der Waals surface area contributed by atoms with E-state index < -0.39 is 6.10 Å². The molecule has 0 radical (unpaired) electrons. The van der Waals surface area contributed by atoms with Gasteiger partial charge in [0.05, 0.1) is 45.5 Å². The van der Waals surface area contributed by atoms with E-state index >= 15 is 0 Å². The van der Waals surface area contributed by atoms with Crippen LogP contribution in [0, 0.1) is 0 Å². The predicted molar refractivity (Wildman–Crippen MR) is 92.5 cm³/mol. The molecule has 1 aliphatic heterocycles. The lowest BCUT2D eigenvalue weighted by molar-refractivity contribution is -0.903. The quantitative estimate of drug-likeness (QED) is 0.804. The van der Waals surface area contributed by atoms with Crippen LogP contribution in [0.1, 0.15) is 20.8 Å². The van der Waals surface area contributed by atoms with E-state index in [1.807, 2.05) is 32.9 Å². The van der Waals surface area contributed by atoms with Crippen LogP contribution in [0.25, 0.3) is 0 Å². The van der Waals surface area contributed by atoms with Crippen molar-refractivity contribution in [2.45, 2.75) is 32.5 Å². The SMILES string of the molecule is COc1ccc(N2CC[NH+](C[C@@H](O)COC(C)(C)C)CC2)cc1. The fraction of sp³-hybridized carbons (Fsp3) is 0.667. The molecule has 1 saturated heterocycles. The summed E-state index contributed by atoms with van der Waals surface area (Å²) in [5.41, 5.74) is 1.05. The first-order valence-electron chi connectivity index (χ1n) is 8.42. The van der Waals surface area contributed by atoms with Gasteiger partial charge in [-0.1, -0.05) is 0 Å². The molecule has 2 N–H and O–H groups in total. The van der Waals surface area contributed by atoms with Gasteiger partial charge in [-0.15, -0.1) is 0 Å². The third-order valence-electron chi connectivity index (χ3n) is 4.14. The maximum absolute atomic E-state index is 10.1. The van der Waals surface area contributed by atoms with Crippen molar-refractivity contribution < 1.29 is 19.5 Å². The Morgan fingerprint density at radius 1 is 1.17 bits per heavy atom. The topological polar surface area (TPSA) is 46.4 Å². The lowest BCUT2D eigenvalue weighted by atomic mass is 10.2. The van der Waals surface area contributed by atoms with Gasteiger partial charge >= 0.3 is 0 Å². The molecule has 0 amide bonds. The summed E-state index contributed by atoms with van der Waals surface area (Å²) in [4.78, 5) is 3.83. The molecule has 2 rings (SSSR count). The van der Waals surface area contributed by atoms with Crippen LogP contribution in [-0.4, -0.2) is 63.3 Å². The van der Waals surface area contributed by atoms with Crippen molar-refractivity contribution in [3.63, 3.8) is 0 Å². The number of anilines is 1. The molecule has 1 aliphatic rings. The minimum atomic E-state index is -0.392. The summed E-state index contributed by atoms with van der Waals surface area (Å²) in [5.74, 6) is 0.889. The zero-order valence-electron chi connectivity index (χ0n) is 14.8. The van der Waals surface area contributed by atoms with Gasteiger partial charge in [-0.05, 0) is 45.0 Å². The standard InChI is InChI=1S/C18H30N2O3/c1-18(2,3)23-14-16(21)13-19-9-11-20(12-10-19)15-5-7-17(22-4)8-6-15/h5-8,16,21H,9-14H2,1-4H3/p+1/t16-/m1/s1. The molecule has 0 saturated carbocycles. The largest absolute Gasteiger partial charge is 0.497 e. The summed E-state index contributed by atoms with van der Waals surface area (Å²) in [5, 5.41) is 10.1. The molecule has 0 unspecified atom stereocenters. The average Bonchev–Trinajstić information content (AvgIpc) is 2.53. The highest BCUT2D eigenvalue weighted by molar-refractivity contribution is 5.49. The first-order valence-corrected chi connectivity index (χ1v) is 8.42. The minimum Gasteiger partial charge on any atom is -0.497 e. The summed E-state index contributed by atoms with van der Waals surface area (Å²) in [7, 11) is 1.69. The van der Waals surface area contributed by atoms with Crippen molar-refractivity contribution in [2.24, 2.45) is 0 Å². The van der Waals surface area contributed by atoms with Gasteiger partial charge in [0, 0.05) is 5.69 Å². The first kappa shape index (κ1) is 18.0. The highest BCUT2D eigenvalue weighted by Crippen LogP contribution is 2.18. The van der Waals surface area contributed by atoms with Gasteiger partial charge in [0.1, 0.15) is 18.4 Å². The smallest absolute Gasteiger partial charge is 0.126 e. The fourth-order valence-electron chi connectivity index (χ4n) is 2.82. The van der Waals surface area contributed by atoms with Crippen LogP contribution < -0.4 is 14.5 Å². The average molecular weight is 323 g/mol. The molecular weight excluding hydrogens is 292 g/mol. The van der Waals surface area contributed by atoms with Gasteiger partial charge < -0.3 is 24.4 Å². The second-order valence-corrected chi connectivity index (χ2v) is 7.22. The van der Waals surface area contributed by atoms with Gasteiger partial charge in [-0.2, -0.15) is 0 Å². The van der Waals surface area contributed by atoms with Crippen LogP contribution in [0.5, 0.6) is 5.75 Å². The van der Waals surface area contributed by atoms with E-state index in [-0.39, 0.29) is 5.60 Å². The lowest BCUT2D eigenvalue weighted by Gasteiger charge is -2.34. The molecule has 1 atom stereocenters. The monoisotopic (exact) mass is 323 g/mol. The van der Waals surface area contributed by atoms with E-state index in [0.717, 1.165) is 38.5 Å². The Morgan fingerprint density at radius 3 is 2.30 bits per heavy atom. The number of methoxy groups -OCH3 is 1. The third kappa shape index (κ3) is 6.01. The predicted octanol–water partition coefficient (Wildman–Crippen LogP) is 0.576. The minimum absolute atomic E-state index is 0.191. The summed E-state index contributed by atoms with van der Waals surface area (Å²) in [6, 6.07) is 8.22. The molecule has 0 aromatic heterocycles.